The van der Waals surface area contributed by atoms with Crippen LogP contribution in [0.5, 0.6) is 0 Å². The fraction of sp³-hybridized carbons (Fsp3) is 0.300. The van der Waals surface area contributed by atoms with Crippen molar-refractivity contribution in [2.45, 2.75) is 19.3 Å². The molecule has 0 atom stereocenters. The average molecular weight is 306 g/mol. The number of benzene rings is 1. The number of hydrogen-bond acceptors (Lipinski definition) is 3. The number of rotatable bonds is 6. The molecule has 0 aliphatic carbocycles. The van der Waals surface area contributed by atoms with Crippen LogP contribution >= 0.6 is 0 Å². The Bertz CT molecular complexity index is 665. The Balaban J connectivity index is 1.44. The van der Waals surface area contributed by atoms with E-state index in [1.807, 2.05) is 0 Å². The lowest BCUT2D eigenvalue weighted by molar-refractivity contribution is 0.0975. The minimum Gasteiger partial charge on any atom is -0.299 e. The molecule has 3 heteroatoms. The van der Waals surface area contributed by atoms with Crippen molar-refractivity contribution in [2.75, 3.05) is 19.6 Å². The van der Waals surface area contributed by atoms with Gasteiger partial charge >= 0.3 is 0 Å². The van der Waals surface area contributed by atoms with Gasteiger partial charge in [-0.05, 0) is 42.7 Å². The van der Waals surface area contributed by atoms with Gasteiger partial charge in [-0.15, -0.1) is 0 Å². The van der Waals surface area contributed by atoms with E-state index in [9.17, 15) is 4.79 Å². The lowest BCUT2D eigenvalue weighted by atomic mass is 9.99. The van der Waals surface area contributed by atoms with Crippen LogP contribution in [0.25, 0.3) is 5.57 Å². The second-order valence-corrected chi connectivity index (χ2v) is 5.91. The average Bonchev–Trinajstić information content (AvgIpc) is 2.64. The second kappa shape index (κ2) is 7.84. The lowest BCUT2D eigenvalue weighted by Gasteiger charge is -2.26. The van der Waals surface area contributed by atoms with Gasteiger partial charge in [0.2, 0.25) is 0 Å². The summed E-state index contributed by atoms with van der Waals surface area (Å²) in [6, 6.07) is 14.2. The van der Waals surface area contributed by atoms with Crippen LogP contribution in [-0.2, 0) is 0 Å². The van der Waals surface area contributed by atoms with Crippen LogP contribution in [-0.4, -0.2) is 35.3 Å². The normalized spacial score (nSPS) is 15.2. The van der Waals surface area contributed by atoms with Crippen molar-refractivity contribution in [3.63, 3.8) is 0 Å². The minimum atomic E-state index is 0.213. The topological polar surface area (TPSA) is 33.2 Å². The molecule has 118 valence electrons. The molecule has 0 radical (unpaired) electrons. The van der Waals surface area contributed by atoms with Gasteiger partial charge in [-0.1, -0.05) is 36.4 Å². The summed E-state index contributed by atoms with van der Waals surface area (Å²) in [6.07, 6.45) is 8.28. The second-order valence-electron chi connectivity index (χ2n) is 5.91. The van der Waals surface area contributed by atoms with Gasteiger partial charge in [-0.2, -0.15) is 0 Å². The van der Waals surface area contributed by atoms with E-state index in [0.29, 0.717) is 6.42 Å². The largest absolute Gasteiger partial charge is 0.299 e. The fourth-order valence-electron chi connectivity index (χ4n) is 2.97. The molecule has 3 nitrogen and oxygen atoms in total. The standard InChI is InChI=1S/C20H22N2O/c23-20(19-8-12-21-13-9-19)7-4-14-22-15-10-18(11-16-22)17-5-2-1-3-6-17/h1-3,5-6,8-10,12-13H,4,7,11,14-16H2. The van der Waals surface area contributed by atoms with Gasteiger partial charge in [-0.3, -0.25) is 14.7 Å². The fourth-order valence-corrected chi connectivity index (χ4v) is 2.97. The van der Waals surface area contributed by atoms with Crippen LogP contribution in [0.3, 0.4) is 0 Å². The lowest BCUT2D eigenvalue weighted by Crippen LogP contribution is -2.29. The third-order valence-corrected chi connectivity index (χ3v) is 4.32. The number of hydrogen-bond donors (Lipinski definition) is 0. The molecule has 2 aromatic rings. The molecule has 0 spiro atoms. The van der Waals surface area contributed by atoms with Crippen molar-refractivity contribution < 1.29 is 4.79 Å². The van der Waals surface area contributed by atoms with E-state index in [1.54, 1.807) is 24.5 Å². The minimum absolute atomic E-state index is 0.213. The van der Waals surface area contributed by atoms with Crippen molar-refractivity contribution in [3.8, 4) is 0 Å². The highest BCUT2D eigenvalue weighted by Gasteiger charge is 2.13. The molecule has 0 N–H and O–H groups in total. The van der Waals surface area contributed by atoms with E-state index in [-0.39, 0.29) is 5.78 Å². The highest BCUT2D eigenvalue weighted by atomic mass is 16.1. The zero-order chi connectivity index (χ0) is 15.9. The number of carbonyl (C=O) groups is 1. The Morgan fingerprint density at radius 2 is 1.87 bits per heavy atom. The summed E-state index contributed by atoms with van der Waals surface area (Å²) in [5, 5.41) is 0. The summed E-state index contributed by atoms with van der Waals surface area (Å²) in [5.74, 6) is 0.213. The van der Waals surface area contributed by atoms with Gasteiger partial charge in [0.25, 0.3) is 0 Å². The summed E-state index contributed by atoms with van der Waals surface area (Å²) in [7, 11) is 0. The molecule has 1 aromatic heterocycles. The van der Waals surface area contributed by atoms with Crippen LogP contribution in [0.15, 0.2) is 60.9 Å². The molecular formula is C20H22N2O. The number of ketones is 1. The summed E-state index contributed by atoms with van der Waals surface area (Å²) in [4.78, 5) is 18.4. The van der Waals surface area contributed by atoms with Crippen LogP contribution in [0.1, 0.15) is 35.2 Å². The van der Waals surface area contributed by atoms with Gasteiger partial charge in [0, 0.05) is 37.5 Å². The highest BCUT2D eigenvalue weighted by Crippen LogP contribution is 2.22. The molecule has 3 rings (SSSR count). The molecule has 0 bridgehead atoms. The molecule has 0 saturated heterocycles. The molecular weight excluding hydrogens is 284 g/mol. The summed E-state index contributed by atoms with van der Waals surface area (Å²) >= 11 is 0. The molecule has 0 fully saturated rings. The SMILES string of the molecule is O=C(CCCN1CC=C(c2ccccc2)CC1)c1ccncc1. The first kappa shape index (κ1) is 15.6. The van der Waals surface area contributed by atoms with Crippen molar-refractivity contribution in [1.29, 1.82) is 0 Å². The Hall–Kier alpha value is -2.26. The van der Waals surface area contributed by atoms with Crippen molar-refractivity contribution >= 4 is 11.4 Å². The van der Waals surface area contributed by atoms with E-state index in [1.165, 1.54) is 11.1 Å². The Morgan fingerprint density at radius 1 is 1.09 bits per heavy atom. The van der Waals surface area contributed by atoms with Crippen LogP contribution in [0.4, 0.5) is 0 Å². The van der Waals surface area contributed by atoms with E-state index < -0.39 is 0 Å². The zero-order valence-electron chi connectivity index (χ0n) is 13.3. The van der Waals surface area contributed by atoms with E-state index in [0.717, 1.165) is 38.0 Å². The number of pyridine rings is 1. The Labute approximate surface area is 137 Å². The Morgan fingerprint density at radius 3 is 2.57 bits per heavy atom. The number of nitrogens with zero attached hydrogens (tertiary/aromatic N) is 2. The molecule has 0 amide bonds. The van der Waals surface area contributed by atoms with Gasteiger partial charge in [0.05, 0.1) is 0 Å². The van der Waals surface area contributed by atoms with Crippen molar-refractivity contribution in [2.24, 2.45) is 0 Å². The van der Waals surface area contributed by atoms with E-state index >= 15 is 0 Å². The number of carbonyl (C=O) groups excluding carboxylic acids is 1. The first-order valence-electron chi connectivity index (χ1n) is 8.23. The molecule has 2 heterocycles. The van der Waals surface area contributed by atoms with Crippen LogP contribution in [0.2, 0.25) is 0 Å². The van der Waals surface area contributed by atoms with Gasteiger partial charge in [-0.25, -0.2) is 0 Å². The smallest absolute Gasteiger partial charge is 0.163 e. The summed E-state index contributed by atoms with van der Waals surface area (Å²) in [6.45, 7) is 3.03. The first-order valence-corrected chi connectivity index (χ1v) is 8.23. The number of aromatic nitrogens is 1. The van der Waals surface area contributed by atoms with Gasteiger partial charge in [0.1, 0.15) is 0 Å². The number of Topliss-reactive ketones (excluding diaryl/α,β-unsaturated/α-hetero) is 1. The van der Waals surface area contributed by atoms with Crippen molar-refractivity contribution in [3.05, 3.63) is 72.1 Å². The monoisotopic (exact) mass is 306 g/mol. The van der Waals surface area contributed by atoms with E-state index in [4.69, 9.17) is 0 Å². The third-order valence-electron chi connectivity index (χ3n) is 4.32. The summed E-state index contributed by atoms with van der Waals surface area (Å²) < 4.78 is 0. The molecule has 1 aromatic carbocycles. The van der Waals surface area contributed by atoms with Crippen LogP contribution < -0.4 is 0 Å². The molecule has 1 aliphatic heterocycles. The molecule has 23 heavy (non-hydrogen) atoms. The maximum Gasteiger partial charge on any atom is 0.163 e. The quantitative estimate of drug-likeness (QED) is 0.760. The van der Waals surface area contributed by atoms with E-state index in [2.05, 4.69) is 46.3 Å². The molecule has 0 saturated carbocycles. The Kier molecular flexibility index (Phi) is 5.33. The predicted molar refractivity (Wildman–Crippen MR) is 93.3 cm³/mol. The third kappa shape index (κ3) is 4.36. The van der Waals surface area contributed by atoms with Crippen molar-refractivity contribution in [1.82, 2.24) is 9.88 Å². The molecule has 0 unspecified atom stereocenters. The van der Waals surface area contributed by atoms with Gasteiger partial charge < -0.3 is 0 Å². The maximum atomic E-state index is 12.1. The zero-order valence-corrected chi connectivity index (χ0v) is 13.3. The maximum absolute atomic E-state index is 12.1. The molecule has 1 aliphatic rings. The summed E-state index contributed by atoms with van der Waals surface area (Å²) in [5.41, 5.74) is 3.54. The predicted octanol–water partition coefficient (Wildman–Crippen LogP) is 3.83. The highest BCUT2D eigenvalue weighted by molar-refractivity contribution is 5.95. The van der Waals surface area contributed by atoms with Gasteiger partial charge in [0.15, 0.2) is 5.78 Å². The van der Waals surface area contributed by atoms with Crippen LogP contribution in [0, 0.1) is 0 Å². The first-order chi connectivity index (χ1) is 11.3.